The maximum atomic E-state index is 11.7. The van der Waals surface area contributed by atoms with Crippen molar-refractivity contribution in [3.63, 3.8) is 0 Å². The van der Waals surface area contributed by atoms with Crippen molar-refractivity contribution in [3.8, 4) is 0 Å². The van der Waals surface area contributed by atoms with Gasteiger partial charge in [0.25, 0.3) is 0 Å². The van der Waals surface area contributed by atoms with E-state index >= 15 is 0 Å². The van der Waals surface area contributed by atoms with Gasteiger partial charge in [-0.15, -0.1) is 0 Å². The van der Waals surface area contributed by atoms with Crippen molar-refractivity contribution in [2.45, 2.75) is 96.2 Å². The molecule has 0 spiro atoms. The third-order valence-corrected chi connectivity index (χ3v) is 7.10. The van der Waals surface area contributed by atoms with Crippen LogP contribution >= 0.6 is 0 Å². The molecule has 0 heterocycles. The number of allylic oxidation sites excluding steroid dienone is 2. The van der Waals surface area contributed by atoms with Gasteiger partial charge in [-0.25, -0.2) is 0 Å². The second-order valence-electron chi connectivity index (χ2n) is 9.55. The largest absolute Gasteiger partial charge is 0.392 e. The first kappa shape index (κ1) is 24.1. The Kier molecular flexibility index (Phi) is 9.42. The van der Waals surface area contributed by atoms with Crippen LogP contribution in [-0.2, 0) is 4.79 Å². The molecule has 0 aromatic heterocycles. The molecule has 5 atom stereocenters. The van der Waals surface area contributed by atoms with Crippen LogP contribution in [0.15, 0.2) is 23.8 Å². The van der Waals surface area contributed by atoms with Gasteiger partial charge in [-0.1, -0.05) is 50.5 Å². The van der Waals surface area contributed by atoms with Crippen LogP contribution in [0.2, 0.25) is 0 Å². The summed E-state index contributed by atoms with van der Waals surface area (Å²) in [5.41, 5.74) is 0.911. The highest BCUT2D eigenvalue weighted by Crippen LogP contribution is 2.48. The van der Waals surface area contributed by atoms with Gasteiger partial charge in [-0.3, -0.25) is 4.79 Å². The predicted octanol–water partition coefficient (Wildman–Crippen LogP) is 4.86. The van der Waals surface area contributed by atoms with Gasteiger partial charge in [0.2, 0.25) is 5.91 Å². The van der Waals surface area contributed by atoms with Crippen molar-refractivity contribution in [1.82, 2.24) is 4.90 Å². The van der Waals surface area contributed by atoms with Crippen molar-refractivity contribution < 1.29 is 15.0 Å². The second kappa shape index (κ2) is 11.3. The number of carbonyl (C=O) groups excluding carboxylic acids is 1. The van der Waals surface area contributed by atoms with Crippen LogP contribution in [0.25, 0.3) is 0 Å². The molecule has 0 bridgehead atoms. The lowest BCUT2D eigenvalue weighted by Crippen LogP contribution is -2.27. The fourth-order valence-electron chi connectivity index (χ4n) is 5.02. The first-order chi connectivity index (χ1) is 13.8. The quantitative estimate of drug-likeness (QED) is 0.360. The smallest absolute Gasteiger partial charge is 0.222 e. The summed E-state index contributed by atoms with van der Waals surface area (Å²) in [6.45, 7) is 4.22. The molecule has 0 aliphatic heterocycles. The molecule has 2 rings (SSSR count). The Labute approximate surface area is 178 Å². The number of unbranched alkanes of at least 4 members (excludes halogenated alkanes) is 2. The monoisotopic (exact) mass is 405 g/mol. The number of rotatable bonds is 12. The molecule has 4 nitrogen and oxygen atoms in total. The molecule has 2 aliphatic carbocycles. The highest BCUT2D eigenvalue weighted by atomic mass is 16.3. The minimum Gasteiger partial charge on any atom is -0.392 e. The molecule has 0 radical (unpaired) electrons. The first-order valence-corrected chi connectivity index (χ1v) is 11.8. The van der Waals surface area contributed by atoms with Crippen molar-refractivity contribution >= 4 is 5.91 Å². The van der Waals surface area contributed by atoms with Gasteiger partial charge in [-0.05, 0) is 63.2 Å². The van der Waals surface area contributed by atoms with Crippen molar-refractivity contribution in [2.24, 2.45) is 17.8 Å². The summed E-state index contributed by atoms with van der Waals surface area (Å²) in [6.07, 6.45) is 16.6. The van der Waals surface area contributed by atoms with Gasteiger partial charge in [0.1, 0.15) is 0 Å². The Morgan fingerprint density at radius 1 is 1.28 bits per heavy atom. The highest BCUT2D eigenvalue weighted by molar-refractivity contribution is 5.75. The molecule has 2 aliphatic rings. The SMILES string of the molecule is CCCC[C@](O)(CC)CC=C[C@@H]1[C@H]2CC(CCCCC(=O)N(C)C)=C[C@H]2C[C@H]1O. The summed E-state index contributed by atoms with van der Waals surface area (Å²) in [6, 6.07) is 0. The molecule has 4 heteroatoms. The van der Waals surface area contributed by atoms with Gasteiger partial charge < -0.3 is 15.1 Å². The van der Waals surface area contributed by atoms with Crippen LogP contribution in [0.5, 0.6) is 0 Å². The maximum absolute atomic E-state index is 11.7. The summed E-state index contributed by atoms with van der Waals surface area (Å²) in [5, 5.41) is 21.3. The van der Waals surface area contributed by atoms with Crippen molar-refractivity contribution in [1.29, 1.82) is 0 Å². The number of hydrogen-bond acceptors (Lipinski definition) is 3. The van der Waals surface area contributed by atoms with E-state index in [-0.39, 0.29) is 17.9 Å². The van der Waals surface area contributed by atoms with Crippen LogP contribution < -0.4 is 0 Å². The minimum atomic E-state index is -0.599. The summed E-state index contributed by atoms with van der Waals surface area (Å²) in [4.78, 5) is 13.4. The molecule has 29 heavy (non-hydrogen) atoms. The predicted molar refractivity (Wildman–Crippen MR) is 119 cm³/mol. The second-order valence-corrected chi connectivity index (χ2v) is 9.55. The lowest BCUT2D eigenvalue weighted by molar-refractivity contribution is -0.128. The Morgan fingerprint density at radius 3 is 2.69 bits per heavy atom. The Morgan fingerprint density at radius 2 is 2.03 bits per heavy atom. The average Bonchev–Trinajstić information content (AvgIpc) is 3.20. The van der Waals surface area contributed by atoms with Crippen molar-refractivity contribution in [3.05, 3.63) is 23.8 Å². The molecule has 0 unspecified atom stereocenters. The Balaban J connectivity index is 1.81. The third-order valence-electron chi connectivity index (χ3n) is 7.10. The summed E-state index contributed by atoms with van der Waals surface area (Å²) < 4.78 is 0. The Hall–Kier alpha value is -1.13. The van der Waals surface area contributed by atoms with E-state index in [0.717, 1.165) is 57.8 Å². The number of carbonyl (C=O) groups is 1. The van der Waals surface area contributed by atoms with E-state index in [0.29, 0.717) is 24.7 Å². The number of amides is 1. The number of fused-ring (bicyclic) bond motifs is 1. The van der Waals surface area contributed by atoms with E-state index in [1.165, 1.54) is 5.57 Å². The molecular formula is C25H43NO3. The van der Waals surface area contributed by atoms with Gasteiger partial charge in [-0.2, -0.15) is 0 Å². The number of aliphatic hydroxyl groups excluding tert-OH is 1. The van der Waals surface area contributed by atoms with E-state index in [2.05, 4.69) is 32.1 Å². The van der Waals surface area contributed by atoms with E-state index in [1.807, 2.05) is 14.1 Å². The number of nitrogens with zero attached hydrogens (tertiary/aromatic N) is 1. The zero-order valence-corrected chi connectivity index (χ0v) is 19.1. The van der Waals surface area contributed by atoms with E-state index < -0.39 is 5.60 Å². The van der Waals surface area contributed by atoms with Crippen LogP contribution in [-0.4, -0.2) is 46.8 Å². The summed E-state index contributed by atoms with van der Waals surface area (Å²) in [5.74, 6) is 1.41. The zero-order chi connectivity index (χ0) is 21.4. The average molecular weight is 406 g/mol. The minimum absolute atomic E-state index is 0.205. The maximum Gasteiger partial charge on any atom is 0.222 e. The van der Waals surface area contributed by atoms with E-state index in [4.69, 9.17) is 0 Å². The van der Waals surface area contributed by atoms with Gasteiger partial charge in [0, 0.05) is 26.4 Å². The lowest BCUT2D eigenvalue weighted by Gasteiger charge is -2.26. The van der Waals surface area contributed by atoms with Gasteiger partial charge >= 0.3 is 0 Å². The first-order valence-electron chi connectivity index (χ1n) is 11.8. The standard InChI is InChI=1S/C25H43NO3/c1-5-7-14-25(29,6-2)15-10-12-21-22-17-19(16-20(22)18-23(21)27)11-8-9-13-24(28)26(3)4/h10,12,16,20-23,27,29H,5-9,11,13-15,17-18H2,1-4H3/t20-,21+,22-,23+,25+/m0/s1. The van der Waals surface area contributed by atoms with Gasteiger partial charge in [0.15, 0.2) is 0 Å². The van der Waals surface area contributed by atoms with Crippen LogP contribution in [0.4, 0.5) is 0 Å². The fraction of sp³-hybridized carbons (Fsp3) is 0.800. The van der Waals surface area contributed by atoms with Crippen LogP contribution in [0.3, 0.4) is 0 Å². The van der Waals surface area contributed by atoms with Crippen LogP contribution in [0, 0.1) is 17.8 Å². The van der Waals surface area contributed by atoms with Gasteiger partial charge in [0.05, 0.1) is 11.7 Å². The number of aliphatic hydroxyl groups is 2. The summed E-state index contributed by atoms with van der Waals surface area (Å²) in [7, 11) is 3.63. The molecule has 0 aromatic rings. The molecule has 0 saturated heterocycles. The van der Waals surface area contributed by atoms with Crippen LogP contribution in [0.1, 0.15) is 84.5 Å². The van der Waals surface area contributed by atoms with Crippen molar-refractivity contribution in [2.75, 3.05) is 14.1 Å². The molecule has 0 aromatic carbocycles. The molecule has 1 saturated carbocycles. The highest BCUT2D eigenvalue weighted by Gasteiger charge is 2.43. The normalized spacial score (nSPS) is 28.4. The molecule has 1 fully saturated rings. The molecular weight excluding hydrogens is 362 g/mol. The topological polar surface area (TPSA) is 60.8 Å². The third kappa shape index (κ3) is 6.96. The lowest BCUT2D eigenvalue weighted by atomic mass is 9.86. The number of hydrogen-bond donors (Lipinski definition) is 2. The zero-order valence-electron chi connectivity index (χ0n) is 19.1. The molecule has 2 N–H and O–H groups in total. The summed E-state index contributed by atoms with van der Waals surface area (Å²) >= 11 is 0. The molecule has 1 amide bonds. The molecule has 166 valence electrons. The Bertz CT molecular complexity index is 583. The fourth-order valence-corrected chi connectivity index (χ4v) is 5.02. The van der Waals surface area contributed by atoms with E-state index in [9.17, 15) is 15.0 Å². The van der Waals surface area contributed by atoms with E-state index in [1.54, 1.807) is 4.90 Å².